The summed E-state index contributed by atoms with van der Waals surface area (Å²) in [5, 5.41) is 4.16. The predicted molar refractivity (Wildman–Crippen MR) is 101 cm³/mol. The fourth-order valence-corrected chi connectivity index (χ4v) is 2.94. The predicted octanol–water partition coefficient (Wildman–Crippen LogP) is 1.45. The minimum atomic E-state index is -0.383. The first-order valence-electron chi connectivity index (χ1n) is 8.86. The van der Waals surface area contributed by atoms with E-state index in [0.717, 1.165) is 37.4 Å². The van der Waals surface area contributed by atoms with Gasteiger partial charge in [-0.3, -0.25) is 0 Å². The van der Waals surface area contributed by atoms with E-state index in [-0.39, 0.29) is 5.63 Å². The molecule has 2 aromatic heterocycles. The number of benzene rings is 1. The van der Waals surface area contributed by atoms with E-state index in [1.807, 2.05) is 12.1 Å². The molecule has 1 aliphatic heterocycles. The van der Waals surface area contributed by atoms with Gasteiger partial charge < -0.3 is 24.1 Å². The summed E-state index contributed by atoms with van der Waals surface area (Å²) in [6.45, 7) is 4.23. The molecule has 3 aromatic rings. The molecule has 8 heteroatoms. The SMILES string of the molecule is O=c1ccc2ccc(OCCOc3nccnc3N3CCNCC3)cc2o1. The molecule has 0 aliphatic carbocycles. The van der Waals surface area contributed by atoms with Gasteiger partial charge in [-0.15, -0.1) is 0 Å². The van der Waals surface area contributed by atoms with E-state index in [1.165, 1.54) is 6.07 Å². The Bertz CT molecular complexity index is 969. The average Bonchev–Trinajstić information content (AvgIpc) is 2.72. The van der Waals surface area contributed by atoms with Crippen LogP contribution in [0, 0.1) is 0 Å². The lowest BCUT2D eigenvalue weighted by molar-refractivity contribution is 0.211. The average molecular weight is 368 g/mol. The Morgan fingerprint density at radius 1 is 1.04 bits per heavy atom. The molecule has 0 spiro atoms. The number of anilines is 1. The summed E-state index contributed by atoms with van der Waals surface area (Å²) in [4.78, 5) is 22.2. The summed E-state index contributed by atoms with van der Waals surface area (Å²) in [5.74, 6) is 1.88. The summed E-state index contributed by atoms with van der Waals surface area (Å²) in [7, 11) is 0. The van der Waals surface area contributed by atoms with Crippen molar-refractivity contribution in [3.63, 3.8) is 0 Å². The summed E-state index contributed by atoms with van der Waals surface area (Å²) < 4.78 is 16.7. The van der Waals surface area contributed by atoms with Crippen molar-refractivity contribution < 1.29 is 13.9 Å². The number of ether oxygens (including phenoxy) is 2. The van der Waals surface area contributed by atoms with Crippen LogP contribution in [0.25, 0.3) is 11.0 Å². The fraction of sp³-hybridized carbons (Fsp3) is 0.316. The van der Waals surface area contributed by atoms with E-state index in [4.69, 9.17) is 13.9 Å². The van der Waals surface area contributed by atoms with Crippen LogP contribution in [-0.2, 0) is 0 Å². The third-order valence-corrected chi connectivity index (χ3v) is 4.25. The van der Waals surface area contributed by atoms with Gasteiger partial charge in [0.15, 0.2) is 5.82 Å². The first kappa shape index (κ1) is 17.3. The minimum Gasteiger partial charge on any atom is -0.490 e. The lowest BCUT2D eigenvalue weighted by atomic mass is 10.2. The standard InChI is InChI=1S/C19H20N4O4/c24-17-4-2-14-1-3-15(13-16(14)27-17)25-11-12-26-19-18(21-5-6-22-19)23-9-7-20-8-10-23/h1-6,13,20H,7-12H2. The van der Waals surface area contributed by atoms with Crippen molar-refractivity contribution in [2.75, 3.05) is 44.3 Å². The highest BCUT2D eigenvalue weighted by atomic mass is 16.5. The largest absolute Gasteiger partial charge is 0.490 e. The number of hydrogen-bond donors (Lipinski definition) is 1. The molecule has 0 atom stereocenters. The van der Waals surface area contributed by atoms with Gasteiger partial charge in [0.25, 0.3) is 5.88 Å². The van der Waals surface area contributed by atoms with Crippen LogP contribution in [0.3, 0.4) is 0 Å². The van der Waals surface area contributed by atoms with Crippen LogP contribution in [-0.4, -0.2) is 49.4 Å². The number of nitrogens with zero attached hydrogens (tertiary/aromatic N) is 3. The Kier molecular flexibility index (Phi) is 5.15. The van der Waals surface area contributed by atoms with Gasteiger partial charge in [-0.1, -0.05) is 0 Å². The maximum Gasteiger partial charge on any atom is 0.336 e. The van der Waals surface area contributed by atoms with Gasteiger partial charge in [-0.05, 0) is 18.2 Å². The molecule has 27 heavy (non-hydrogen) atoms. The molecule has 1 saturated heterocycles. The Balaban J connectivity index is 1.36. The molecule has 1 fully saturated rings. The van der Waals surface area contributed by atoms with Gasteiger partial charge in [-0.25, -0.2) is 14.8 Å². The van der Waals surface area contributed by atoms with Crippen LogP contribution in [0.5, 0.6) is 11.6 Å². The Morgan fingerprint density at radius 2 is 1.81 bits per heavy atom. The van der Waals surface area contributed by atoms with Crippen LogP contribution < -0.4 is 25.3 Å². The summed E-state index contributed by atoms with van der Waals surface area (Å²) in [5.41, 5.74) is 0.113. The maximum absolute atomic E-state index is 11.3. The summed E-state index contributed by atoms with van der Waals surface area (Å²) in [6.07, 6.45) is 3.29. The molecule has 1 aliphatic rings. The number of aromatic nitrogens is 2. The van der Waals surface area contributed by atoms with Crippen molar-refractivity contribution in [1.29, 1.82) is 0 Å². The van der Waals surface area contributed by atoms with Gasteiger partial charge in [0, 0.05) is 56.1 Å². The Morgan fingerprint density at radius 3 is 2.70 bits per heavy atom. The number of rotatable bonds is 6. The molecule has 0 bridgehead atoms. The van der Waals surface area contributed by atoms with E-state index in [1.54, 1.807) is 24.5 Å². The highest BCUT2D eigenvalue weighted by Gasteiger charge is 2.17. The summed E-state index contributed by atoms with van der Waals surface area (Å²) >= 11 is 0. The van der Waals surface area contributed by atoms with Crippen molar-refractivity contribution in [3.8, 4) is 11.6 Å². The molecule has 3 heterocycles. The molecule has 0 unspecified atom stereocenters. The second-order valence-electron chi connectivity index (χ2n) is 6.07. The molecule has 4 rings (SSSR count). The van der Waals surface area contributed by atoms with Crippen molar-refractivity contribution >= 4 is 16.8 Å². The highest BCUT2D eigenvalue weighted by Crippen LogP contribution is 2.23. The third-order valence-electron chi connectivity index (χ3n) is 4.25. The monoisotopic (exact) mass is 368 g/mol. The van der Waals surface area contributed by atoms with Crippen molar-refractivity contribution in [3.05, 3.63) is 53.1 Å². The first-order valence-corrected chi connectivity index (χ1v) is 8.86. The van der Waals surface area contributed by atoms with E-state index >= 15 is 0 Å². The van der Waals surface area contributed by atoms with E-state index in [2.05, 4.69) is 20.2 Å². The van der Waals surface area contributed by atoms with Crippen LogP contribution >= 0.6 is 0 Å². The maximum atomic E-state index is 11.3. The van der Waals surface area contributed by atoms with Gasteiger partial charge in [0.05, 0.1) is 0 Å². The zero-order valence-corrected chi connectivity index (χ0v) is 14.8. The summed E-state index contributed by atoms with van der Waals surface area (Å²) in [6, 6.07) is 8.50. The normalized spacial score (nSPS) is 14.3. The second kappa shape index (κ2) is 8.05. The molecule has 8 nitrogen and oxygen atoms in total. The number of hydrogen-bond acceptors (Lipinski definition) is 8. The lowest BCUT2D eigenvalue weighted by Crippen LogP contribution is -2.44. The smallest absolute Gasteiger partial charge is 0.336 e. The third kappa shape index (κ3) is 4.17. The Labute approximate surface area is 155 Å². The number of fused-ring (bicyclic) bond motifs is 1. The molecule has 0 amide bonds. The van der Waals surface area contributed by atoms with E-state index in [0.29, 0.717) is 30.4 Å². The van der Waals surface area contributed by atoms with Crippen LogP contribution in [0.4, 0.5) is 5.82 Å². The van der Waals surface area contributed by atoms with Crippen molar-refractivity contribution in [1.82, 2.24) is 15.3 Å². The molecular weight excluding hydrogens is 348 g/mol. The number of piperazine rings is 1. The number of nitrogens with one attached hydrogen (secondary N) is 1. The van der Waals surface area contributed by atoms with Crippen LogP contribution in [0.15, 0.2) is 51.9 Å². The molecular formula is C19H20N4O4. The quantitative estimate of drug-likeness (QED) is 0.517. The first-order chi connectivity index (χ1) is 13.3. The van der Waals surface area contributed by atoms with Gasteiger partial charge in [0.1, 0.15) is 24.5 Å². The zero-order valence-electron chi connectivity index (χ0n) is 14.8. The van der Waals surface area contributed by atoms with Crippen molar-refractivity contribution in [2.45, 2.75) is 0 Å². The van der Waals surface area contributed by atoms with Crippen LogP contribution in [0.1, 0.15) is 0 Å². The molecule has 0 saturated carbocycles. The molecule has 1 aromatic carbocycles. The van der Waals surface area contributed by atoms with Gasteiger partial charge >= 0.3 is 5.63 Å². The van der Waals surface area contributed by atoms with E-state index in [9.17, 15) is 4.79 Å². The molecule has 140 valence electrons. The topological polar surface area (TPSA) is 89.7 Å². The van der Waals surface area contributed by atoms with Gasteiger partial charge in [-0.2, -0.15) is 0 Å². The fourth-order valence-electron chi connectivity index (χ4n) is 2.94. The highest BCUT2D eigenvalue weighted by molar-refractivity contribution is 5.77. The zero-order chi connectivity index (χ0) is 18.5. The lowest BCUT2D eigenvalue weighted by Gasteiger charge is -2.28. The van der Waals surface area contributed by atoms with Crippen molar-refractivity contribution in [2.24, 2.45) is 0 Å². The second-order valence-corrected chi connectivity index (χ2v) is 6.07. The Hall–Kier alpha value is -3.13. The minimum absolute atomic E-state index is 0.328. The molecule has 0 radical (unpaired) electrons. The van der Waals surface area contributed by atoms with Crippen LogP contribution in [0.2, 0.25) is 0 Å². The van der Waals surface area contributed by atoms with Gasteiger partial charge in [0.2, 0.25) is 0 Å². The van der Waals surface area contributed by atoms with E-state index < -0.39 is 0 Å². The molecule has 1 N–H and O–H groups in total.